The van der Waals surface area contributed by atoms with Crippen molar-refractivity contribution >= 4 is 0 Å². The summed E-state index contributed by atoms with van der Waals surface area (Å²) in [7, 11) is 0. The Morgan fingerprint density at radius 1 is 1.15 bits per heavy atom. The predicted octanol–water partition coefficient (Wildman–Crippen LogP) is 3.33. The number of benzene rings is 1. The molecule has 0 bridgehead atoms. The van der Waals surface area contributed by atoms with Gasteiger partial charge in [0.1, 0.15) is 6.61 Å². The molecule has 0 aromatic heterocycles. The highest BCUT2D eigenvalue weighted by Crippen LogP contribution is 2.23. The van der Waals surface area contributed by atoms with E-state index in [2.05, 4.69) is 32.6 Å². The average Bonchev–Trinajstić information content (AvgIpc) is 2.35. The first-order chi connectivity index (χ1) is 9.36. The molecule has 0 heterocycles. The van der Waals surface area contributed by atoms with Gasteiger partial charge >= 0.3 is 0 Å². The highest BCUT2D eigenvalue weighted by Gasteiger charge is 2.16. The second-order valence-electron chi connectivity index (χ2n) is 5.15. The number of halogens is 2. The maximum Gasteiger partial charge on any atom is 0.190 e. The minimum atomic E-state index is -0.845. The molecule has 1 aromatic rings. The fraction of sp³-hybridized carbons (Fsp3) is 0.533. The van der Waals surface area contributed by atoms with Gasteiger partial charge in [0.25, 0.3) is 0 Å². The quantitative estimate of drug-likeness (QED) is 0.803. The van der Waals surface area contributed by atoms with Crippen molar-refractivity contribution in [3.05, 3.63) is 29.3 Å². The van der Waals surface area contributed by atoms with Gasteiger partial charge in [0.05, 0.1) is 11.6 Å². The molecule has 0 atom stereocenters. The summed E-state index contributed by atoms with van der Waals surface area (Å²) in [4.78, 5) is 2.17. The van der Waals surface area contributed by atoms with Crippen molar-refractivity contribution in [2.24, 2.45) is 0 Å². The minimum absolute atomic E-state index is 0.0571. The summed E-state index contributed by atoms with van der Waals surface area (Å²) < 4.78 is 32.4. The zero-order chi connectivity index (χ0) is 15.3. The third-order valence-corrected chi connectivity index (χ3v) is 3.05. The molecule has 0 N–H and O–H groups in total. The number of hydrogen-bond donors (Lipinski definition) is 0. The number of ether oxygens (including phenoxy) is 1. The second kappa shape index (κ2) is 7.20. The average molecular weight is 282 g/mol. The molecule has 5 heteroatoms. The molecule has 0 saturated carbocycles. The van der Waals surface area contributed by atoms with Gasteiger partial charge in [0, 0.05) is 18.6 Å². The largest absolute Gasteiger partial charge is 0.486 e. The number of hydrogen-bond acceptors (Lipinski definition) is 3. The van der Waals surface area contributed by atoms with E-state index in [4.69, 9.17) is 10.00 Å². The van der Waals surface area contributed by atoms with Gasteiger partial charge in [-0.25, -0.2) is 8.78 Å². The summed E-state index contributed by atoms with van der Waals surface area (Å²) in [6, 6.07) is 4.30. The van der Waals surface area contributed by atoms with Crippen LogP contribution >= 0.6 is 0 Å². The van der Waals surface area contributed by atoms with Crippen molar-refractivity contribution in [2.75, 3.05) is 13.2 Å². The van der Waals surface area contributed by atoms with Crippen LogP contribution in [-0.4, -0.2) is 30.1 Å². The van der Waals surface area contributed by atoms with Crippen LogP contribution in [0.2, 0.25) is 0 Å². The molecule has 0 aliphatic carbocycles. The third-order valence-electron chi connectivity index (χ3n) is 3.05. The minimum Gasteiger partial charge on any atom is -0.486 e. The van der Waals surface area contributed by atoms with E-state index in [9.17, 15) is 8.78 Å². The van der Waals surface area contributed by atoms with Crippen molar-refractivity contribution in [1.82, 2.24) is 4.90 Å². The van der Waals surface area contributed by atoms with Crippen LogP contribution in [0.4, 0.5) is 8.78 Å². The maximum atomic E-state index is 13.6. The van der Waals surface area contributed by atoms with E-state index < -0.39 is 17.4 Å². The van der Waals surface area contributed by atoms with Gasteiger partial charge in [-0.15, -0.1) is 0 Å². The summed E-state index contributed by atoms with van der Waals surface area (Å²) in [5.41, 5.74) is -0.0571. The predicted molar refractivity (Wildman–Crippen MR) is 73.5 cm³/mol. The van der Waals surface area contributed by atoms with Gasteiger partial charge in [0.2, 0.25) is 0 Å². The lowest BCUT2D eigenvalue weighted by Gasteiger charge is -2.30. The summed E-state index contributed by atoms with van der Waals surface area (Å²) >= 11 is 0. The molecule has 1 rings (SSSR count). The molecule has 0 saturated heterocycles. The smallest absolute Gasteiger partial charge is 0.190 e. The maximum absolute atomic E-state index is 13.6. The normalized spacial score (nSPS) is 11.2. The van der Waals surface area contributed by atoms with Gasteiger partial charge in [-0.2, -0.15) is 5.26 Å². The summed E-state index contributed by atoms with van der Waals surface area (Å²) in [5.74, 6) is -2.11. The lowest BCUT2D eigenvalue weighted by atomic mass is 10.2. The van der Waals surface area contributed by atoms with E-state index in [1.807, 2.05) is 0 Å². The molecule has 0 spiro atoms. The topological polar surface area (TPSA) is 36.3 Å². The zero-order valence-electron chi connectivity index (χ0n) is 12.3. The van der Waals surface area contributed by atoms with Crippen LogP contribution in [0.1, 0.15) is 33.3 Å². The molecule has 3 nitrogen and oxygen atoms in total. The summed E-state index contributed by atoms with van der Waals surface area (Å²) in [5, 5.41) is 8.62. The number of nitrogens with zero attached hydrogens (tertiary/aromatic N) is 2. The first-order valence-corrected chi connectivity index (χ1v) is 6.64. The molecule has 0 radical (unpaired) electrons. The highest BCUT2D eigenvalue weighted by molar-refractivity contribution is 5.37. The fourth-order valence-electron chi connectivity index (χ4n) is 2.13. The second-order valence-corrected chi connectivity index (χ2v) is 5.15. The Hall–Kier alpha value is -1.67. The monoisotopic (exact) mass is 282 g/mol. The molecule has 1 aromatic carbocycles. The van der Waals surface area contributed by atoms with Gasteiger partial charge < -0.3 is 4.74 Å². The van der Waals surface area contributed by atoms with Crippen molar-refractivity contribution in [3.63, 3.8) is 0 Å². The summed E-state index contributed by atoms with van der Waals surface area (Å²) in [6.45, 7) is 9.00. The lowest BCUT2D eigenvalue weighted by Crippen LogP contribution is -2.39. The third kappa shape index (κ3) is 4.17. The van der Waals surface area contributed by atoms with Crippen molar-refractivity contribution in [3.8, 4) is 11.8 Å². The zero-order valence-corrected chi connectivity index (χ0v) is 12.3. The molecule has 110 valence electrons. The van der Waals surface area contributed by atoms with Crippen molar-refractivity contribution in [1.29, 1.82) is 5.26 Å². The number of rotatable bonds is 6. The van der Waals surface area contributed by atoms with Crippen LogP contribution in [0.5, 0.6) is 5.75 Å². The van der Waals surface area contributed by atoms with Gasteiger partial charge in [0.15, 0.2) is 17.4 Å². The Labute approximate surface area is 118 Å². The molecule has 0 aliphatic rings. The Balaban J connectivity index is 2.69. The van der Waals surface area contributed by atoms with E-state index >= 15 is 0 Å². The molecule has 20 heavy (non-hydrogen) atoms. The standard InChI is InChI=1S/C15H20F2N2O/c1-10(2)19(11(3)4)5-6-20-15-13(16)7-12(9-18)8-14(15)17/h7-8,10-11H,5-6H2,1-4H3. The van der Waals surface area contributed by atoms with E-state index in [1.54, 1.807) is 6.07 Å². The van der Waals surface area contributed by atoms with Gasteiger partial charge in [-0.3, -0.25) is 4.90 Å². The van der Waals surface area contributed by atoms with Gasteiger partial charge in [-0.1, -0.05) is 0 Å². The van der Waals surface area contributed by atoms with Crippen LogP contribution < -0.4 is 4.74 Å². The molecule has 0 aliphatic heterocycles. The molecule has 0 fully saturated rings. The van der Waals surface area contributed by atoms with Crippen LogP contribution in [-0.2, 0) is 0 Å². The lowest BCUT2D eigenvalue weighted by molar-refractivity contribution is 0.138. The highest BCUT2D eigenvalue weighted by atomic mass is 19.1. The Bertz CT molecular complexity index is 464. The Morgan fingerprint density at radius 2 is 1.65 bits per heavy atom. The first-order valence-electron chi connectivity index (χ1n) is 6.64. The van der Waals surface area contributed by atoms with Crippen molar-refractivity contribution in [2.45, 2.75) is 39.8 Å². The van der Waals surface area contributed by atoms with E-state index in [0.29, 0.717) is 18.6 Å². The number of nitriles is 1. The molecule has 0 unspecified atom stereocenters. The van der Waals surface area contributed by atoms with E-state index in [-0.39, 0.29) is 12.2 Å². The molecular weight excluding hydrogens is 262 g/mol. The molecule has 0 amide bonds. The van der Waals surface area contributed by atoms with Crippen LogP contribution in [0.15, 0.2) is 12.1 Å². The van der Waals surface area contributed by atoms with E-state index in [1.165, 1.54) is 0 Å². The van der Waals surface area contributed by atoms with Crippen LogP contribution in [0.25, 0.3) is 0 Å². The van der Waals surface area contributed by atoms with Crippen molar-refractivity contribution < 1.29 is 13.5 Å². The first kappa shape index (κ1) is 16.4. The summed E-state index contributed by atoms with van der Waals surface area (Å²) in [6.07, 6.45) is 0. The van der Waals surface area contributed by atoms with Crippen LogP contribution in [0, 0.1) is 23.0 Å². The Morgan fingerprint density at radius 3 is 2.05 bits per heavy atom. The Kier molecular flexibility index (Phi) is 5.90. The SMILES string of the molecule is CC(C)N(CCOc1c(F)cc(C#N)cc1F)C(C)C. The molecular formula is C15H20F2N2O. The van der Waals surface area contributed by atoms with Gasteiger partial charge in [-0.05, 0) is 39.8 Å². The van der Waals surface area contributed by atoms with E-state index in [0.717, 1.165) is 12.1 Å². The van der Waals surface area contributed by atoms with Crippen LogP contribution in [0.3, 0.4) is 0 Å². The fourth-order valence-corrected chi connectivity index (χ4v) is 2.13.